The molecule has 0 amide bonds. The molecule has 0 heterocycles. The topological polar surface area (TPSA) is 83.8 Å². The molecule has 37 heavy (non-hydrogen) atoms. The van der Waals surface area contributed by atoms with Gasteiger partial charge in [0.2, 0.25) is 0 Å². The molecule has 5 heteroatoms. The number of aliphatic carboxylic acids is 1. The number of aliphatic hydroxyl groups is 1. The molecule has 5 nitrogen and oxygen atoms in total. The first-order valence-electron chi connectivity index (χ1n) is 14.9. The lowest BCUT2D eigenvalue weighted by Crippen LogP contribution is -2.67. The maximum absolute atomic E-state index is 12.9. The molecule has 0 aliphatic heterocycles. The first kappa shape index (κ1) is 27.2. The van der Waals surface area contributed by atoms with Crippen LogP contribution in [0.25, 0.3) is 0 Å². The molecule has 5 aliphatic rings. The van der Waals surface area contributed by atoms with Gasteiger partial charge < -0.3 is 14.9 Å². The number of carboxylic acids is 1. The van der Waals surface area contributed by atoms with Crippen LogP contribution in [0.1, 0.15) is 107 Å². The highest BCUT2D eigenvalue weighted by atomic mass is 16.5. The molecule has 4 fully saturated rings. The zero-order valence-corrected chi connectivity index (χ0v) is 24.4. The van der Waals surface area contributed by atoms with Crippen LogP contribution in [-0.2, 0) is 14.3 Å². The third-order valence-corrected chi connectivity index (χ3v) is 13.7. The summed E-state index contributed by atoms with van der Waals surface area (Å²) < 4.78 is 5.86. The molecule has 0 spiro atoms. The third kappa shape index (κ3) is 3.31. The number of ether oxygens (including phenoxy) is 1. The molecule has 4 saturated carbocycles. The molecule has 2 N–H and O–H groups in total. The molecule has 0 bridgehead atoms. The highest BCUT2D eigenvalue weighted by Crippen LogP contribution is 2.75. The molecule has 0 aromatic rings. The van der Waals surface area contributed by atoms with E-state index in [2.05, 4.69) is 54.5 Å². The molecule has 208 valence electrons. The van der Waals surface area contributed by atoms with Gasteiger partial charge in [0.05, 0.1) is 6.10 Å². The normalized spacial score (nSPS) is 52.5. The summed E-state index contributed by atoms with van der Waals surface area (Å²) in [6.45, 7) is 18.0. The van der Waals surface area contributed by atoms with E-state index in [1.54, 1.807) is 0 Å². The van der Waals surface area contributed by atoms with E-state index < -0.39 is 17.5 Å². The smallest absolute Gasteiger partial charge is 0.312 e. The molecular formula is C32H50O5. The van der Waals surface area contributed by atoms with Crippen LogP contribution < -0.4 is 0 Å². The van der Waals surface area contributed by atoms with E-state index in [0.717, 1.165) is 38.5 Å². The Morgan fingerprint density at radius 1 is 0.973 bits per heavy atom. The van der Waals surface area contributed by atoms with E-state index in [4.69, 9.17) is 4.74 Å². The molecule has 0 aromatic heterocycles. The molecule has 5 aliphatic carbocycles. The molecule has 0 radical (unpaired) electrons. The maximum atomic E-state index is 12.9. The van der Waals surface area contributed by atoms with Gasteiger partial charge in [0.25, 0.3) is 0 Å². The van der Waals surface area contributed by atoms with Crippen molar-refractivity contribution in [2.24, 2.45) is 56.7 Å². The number of carbonyl (C=O) groups is 2. The van der Waals surface area contributed by atoms with E-state index in [0.29, 0.717) is 30.6 Å². The van der Waals surface area contributed by atoms with Gasteiger partial charge in [-0.25, -0.2) is 0 Å². The average molecular weight is 515 g/mol. The fourth-order valence-corrected chi connectivity index (χ4v) is 11.3. The third-order valence-electron chi connectivity index (χ3n) is 13.7. The minimum atomic E-state index is -1.06. The minimum absolute atomic E-state index is 0.0327. The second-order valence-corrected chi connectivity index (χ2v) is 15.2. The van der Waals surface area contributed by atoms with Crippen molar-refractivity contribution in [1.29, 1.82) is 0 Å². The zero-order chi connectivity index (χ0) is 27.3. The molecular weight excluding hydrogens is 464 g/mol. The van der Waals surface area contributed by atoms with E-state index in [-0.39, 0.29) is 45.6 Å². The second-order valence-electron chi connectivity index (χ2n) is 15.2. The van der Waals surface area contributed by atoms with E-state index in [1.165, 1.54) is 12.5 Å². The molecule has 3 unspecified atom stereocenters. The largest absolute Gasteiger partial charge is 0.481 e. The van der Waals surface area contributed by atoms with Crippen LogP contribution in [0, 0.1) is 56.7 Å². The quantitative estimate of drug-likeness (QED) is 0.319. The first-order valence-corrected chi connectivity index (χ1v) is 14.9. The molecule has 5 rings (SSSR count). The van der Waals surface area contributed by atoms with Gasteiger partial charge in [0.1, 0.15) is 11.5 Å². The van der Waals surface area contributed by atoms with Crippen LogP contribution >= 0.6 is 0 Å². The zero-order valence-electron chi connectivity index (χ0n) is 24.4. The predicted molar refractivity (Wildman–Crippen MR) is 144 cm³/mol. The predicted octanol–water partition coefficient (Wildman–Crippen LogP) is 6.63. The fourth-order valence-electron chi connectivity index (χ4n) is 11.3. The van der Waals surface area contributed by atoms with Crippen molar-refractivity contribution in [2.45, 2.75) is 119 Å². The van der Waals surface area contributed by atoms with E-state index in [9.17, 15) is 19.8 Å². The number of carbonyl (C=O) groups excluding carboxylic acids is 1. The SMILES string of the molecule is CC(=O)O[C@@H]1CC[C@@]2(C)C(CC[C@]3(C)C2CC=C2[C@@H]4[C@@H](C)[C@H](C)CC(O)[C@]4(C(=O)O)CC[C@]23C)C1(C)C. The monoisotopic (exact) mass is 514 g/mol. The minimum Gasteiger partial charge on any atom is -0.481 e. The highest BCUT2D eigenvalue weighted by Gasteiger charge is 2.71. The van der Waals surface area contributed by atoms with Crippen LogP contribution in [-0.4, -0.2) is 34.4 Å². The molecule has 0 saturated heterocycles. The van der Waals surface area contributed by atoms with Crippen molar-refractivity contribution in [3.05, 3.63) is 11.6 Å². The van der Waals surface area contributed by atoms with Gasteiger partial charge in [-0.15, -0.1) is 0 Å². The highest BCUT2D eigenvalue weighted by molar-refractivity contribution is 5.77. The molecule has 11 atom stereocenters. The Kier molecular flexibility index (Phi) is 6.12. The summed E-state index contributed by atoms with van der Waals surface area (Å²) in [6, 6.07) is 0. The Morgan fingerprint density at radius 2 is 1.65 bits per heavy atom. The summed E-state index contributed by atoms with van der Waals surface area (Å²) in [5.74, 6) is 0.419. The van der Waals surface area contributed by atoms with Gasteiger partial charge in [0.15, 0.2) is 0 Å². The van der Waals surface area contributed by atoms with Gasteiger partial charge in [0, 0.05) is 18.3 Å². The summed E-state index contributed by atoms with van der Waals surface area (Å²) in [4.78, 5) is 24.8. The Hall–Kier alpha value is -1.36. The summed E-state index contributed by atoms with van der Waals surface area (Å²) in [5, 5.41) is 21.9. The Labute approximate surface area is 223 Å². The molecule has 0 aromatic carbocycles. The van der Waals surface area contributed by atoms with Crippen LogP contribution in [0.4, 0.5) is 0 Å². The number of aliphatic hydroxyl groups excluding tert-OH is 1. The van der Waals surface area contributed by atoms with Crippen molar-refractivity contribution in [2.75, 3.05) is 0 Å². The average Bonchev–Trinajstić information content (AvgIpc) is 2.79. The van der Waals surface area contributed by atoms with Gasteiger partial charge >= 0.3 is 11.9 Å². The number of allylic oxidation sites excluding steroid dienone is 2. The van der Waals surface area contributed by atoms with Crippen LogP contribution in [0.15, 0.2) is 11.6 Å². The van der Waals surface area contributed by atoms with Crippen molar-refractivity contribution in [1.82, 2.24) is 0 Å². The van der Waals surface area contributed by atoms with Crippen molar-refractivity contribution >= 4 is 11.9 Å². The first-order chi connectivity index (χ1) is 17.1. The Balaban J connectivity index is 1.58. The summed E-state index contributed by atoms with van der Waals surface area (Å²) in [6.07, 6.45) is 8.76. The Bertz CT molecular complexity index is 1010. The van der Waals surface area contributed by atoms with Crippen LogP contribution in [0.3, 0.4) is 0 Å². The van der Waals surface area contributed by atoms with Crippen LogP contribution in [0.2, 0.25) is 0 Å². The van der Waals surface area contributed by atoms with E-state index >= 15 is 0 Å². The van der Waals surface area contributed by atoms with Crippen molar-refractivity contribution < 1.29 is 24.5 Å². The standard InChI is InChI=1S/C32H50O5/c1-18-17-24(34)32(27(35)36)16-15-30(7)21(26(32)19(18)2)9-10-23-29(6)13-12-25(37-20(3)33)28(4,5)22(29)11-14-31(23,30)8/h9,18-19,22-26,34H,10-17H2,1-8H3,(H,35,36)/t18-,19+,22?,23?,24?,25-,26+,29+,30-,31-,32-/m1/s1. The lowest BCUT2D eigenvalue weighted by Gasteiger charge is -2.71. The second kappa shape index (κ2) is 8.32. The maximum Gasteiger partial charge on any atom is 0.312 e. The summed E-state index contributed by atoms with van der Waals surface area (Å²) >= 11 is 0. The van der Waals surface area contributed by atoms with Gasteiger partial charge in [-0.2, -0.15) is 0 Å². The number of rotatable bonds is 2. The summed E-state index contributed by atoms with van der Waals surface area (Å²) in [5.41, 5.74) is 0.342. The van der Waals surface area contributed by atoms with Crippen molar-refractivity contribution in [3.63, 3.8) is 0 Å². The van der Waals surface area contributed by atoms with Gasteiger partial charge in [-0.05, 0) is 91.3 Å². The number of fused-ring (bicyclic) bond motifs is 7. The fraction of sp³-hybridized carbons (Fsp3) is 0.875. The number of hydrogen-bond donors (Lipinski definition) is 2. The van der Waals surface area contributed by atoms with Gasteiger partial charge in [-0.1, -0.05) is 60.1 Å². The van der Waals surface area contributed by atoms with Gasteiger partial charge in [-0.3, -0.25) is 9.59 Å². The summed E-state index contributed by atoms with van der Waals surface area (Å²) in [7, 11) is 0. The number of esters is 1. The lowest BCUT2D eigenvalue weighted by molar-refractivity contribution is -0.219. The Morgan fingerprint density at radius 3 is 2.27 bits per heavy atom. The van der Waals surface area contributed by atoms with Crippen LogP contribution in [0.5, 0.6) is 0 Å². The number of carboxylic acid groups (broad SMARTS) is 1. The lowest BCUT2D eigenvalue weighted by atomic mass is 9.33. The van der Waals surface area contributed by atoms with E-state index in [1.807, 2.05) is 0 Å². The van der Waals surface area contributed by atoms with Crippen molar-refractivity contribution in [3.8, 4) is 0 Å². The number of hydrogen-bond acceptors (Lipinski definition) is 4.